The molecule has 452 valence electrons. The highest BCUT2D eigenvalue weighted by Gasteiger charge is 2.16. The number of methoxy groups -OCH3 is 2. The monoisotopic (exact) mass is 1220 g/mol. The van der Waals surface area contributed by atoms with E-state index in [1.165, 1.54) is 73.3 Å². The number of nitrogens with two attached hydrogens (primary N) is 1. The third-order valence-corrected chi connectivity index (χ3v) is 13.3. The molecule has 0 aliphatic rings. The Morgan fingerprint density at radius 2 is 0.920 bits per heavy atom. The minimum absolute atomic E-state index is 0.138. The number of carboxylic acid groups (broad SMARTS) is 2. The predicted octanol–water partition coefficient (Wildman–Crippen LogP) is 11.4. The number of aromatic nitrogens is 9. The molecule has 0 unspecified atom stereocenters. The Morgan fingerprint density at radius 3 is 1.33 bits per heavy atom. The van der Waals surface area contributed by atoms with E-state index in [0.717, 1.165) is 41.9 Å². The van der Waals surface area contributed by atoms with Crippen LogP contribution >= 0.6 is 11.6 Å². The van der Waals surface area contributed by atoms with Crippen molar-refractivity contribution in [3.05, 3.63) is 209 Å². The van der Waals surface area contributed by atoms with Gasteiger partial charge in [0, 0.05) is 84.2 Å². The molecule has 20 nitrogen and oxygen atoms in total. The molecule has 0 saturated carbocycles. The highest BCUT2D eigenvalue weighted by atomic mass is 35.5. The van der Waals surface area contributed by atoms with Crippen molar-refractivity contribution >= 4 is 62.2 Å². The molecule has 0 saturated heterocycles. The minimum atomic E-state index is -1.03. The number of rotatable bonds is 21. The number of ether oxygens (including phenoxy) is 4. The number of H-pyrrole nitrogens is 2. The summed E-state index contributed by atoms with van der Waals surface area (Å²) in [5.74, 6) is -0.348. The van der Waals surface area contributed by atoms with E-state index in [0.29, 0.717) is 124 Å². The summed E-state index contributed by atoms with van der Waals surface area (Å²) in [5, 5.41) is 36.8. The molecule has 88 heavy (non-hydrogen) atoms. The maximum Gasteiger partial charge on any atom is 0.335 e. The second kappa shape index (κ2) is 31.8. The van der Waals surface area contributed by atoms with Crippen LogP contribution in [0, 0.1) is 17.5 Å². The highest BCUT2D eigenvalue weighted by Crippen LogP contribution is 2.34. The number of aromatic carboxylic acids is 2. The molecule has 11 aromatic rings. The number of nitrogens with one attached hydrogen (secondary N) is 3. The molecule has 1 amide bonds. The molecule has 0 spiro atoms. The second-order valence-corrected chi connectivity index (χ2v) is 19.5. The number of fused-ring (bicyclic) bond motifs is 3. The lowest BCUT2D eigenvalue weighted by atomic mass is 10.1. The normalized spacial score (nSPS) is 10.8. The fourth-order valence-electron chi connectivity index (χ4n) is 8.53. The van der Waals surface area contributed by atoms with Gasteiger partial charge in [0.15, 0.2) is 0 Å². The summed E-state index contributed by atoms with van der Waals surface area (Å²) < 4.78 is 61.2. The number of aryl methyl sites for hydroxylation is 2. The van der Waals surface area contributed by atoms with E-state index >= 15 is 0 Å². The SMILES string of the molecule is COCCOc1cc(-c2ccc(F)cc2)nc2cc(C(=O)NCCCc3ncn[nH]3)ccc12.COCCOc1cc(-c2ccc(F)cc2)nc2cc(C(=O)O)ccc12.NCCCc1ncn[nH]1.O=C(O)c1ccc2c(Cl)cc(-c3ccc(F)cc3)nc2c1. The largest absolute Gasteiger partial charge is 0.490 e. The molecule has 0 fully saturated rings. The molecule has 0 aliphatic carbocycles. The number of carbonyl (C=O) groups is 3. The van der Waals surface area contributed by atoms with E-state index < -0.39 is 11.9 Å². The number of carboxylic acids is 2. The minimum Gasteiger partial charge on any atom is -0.490 e. The summed E-state index contributed by atoms with van der Waals surface area (Å²) in [4.78, 5) is 56.5. The Morgan fingerprint density at radius 1 is 0.523 bits per heavy atom. The highest BCUT2D eigenvalue weighted by molar-refractivity contribution is 6.35. The number of pyridine rings is 3. The van der Waals surface area contributed by atoms with E-state index in [-0.39, 0.29) is 34.5 Å². The maximum absolute atomic E-state index is 13.4. The van der Waals surface area contributed by atoms with Crippen LogP contribution in [-0.4, -0.2) is 127 Å². The molecule has 11 rings (SSSR count). The van der Waals surface area contributed by atoms with E-state index in [1.807, 2.05) is 12.1 Å². The standard InChI is InChI=1S/C24H24FN5O3.C19H16FNO4.C16H9ClFNO2.C5H10N4/c1-32-11-12-33-22-14-20(16-4-7-18(25)8-5-16)29-21-13-17(6-9-19(21)22)24(31)26-10-2-3-23-27-15-28-30-23;1-24-8-9-25-18-11-16(12-2-5-14(20)6-3-12)21-17-10-13(19(22)23)4-7-15(17)18;17-13-8-14(9-1-4-11(18)5-2-9)19-15-7-10(16(20)21)3-6-12(13)15;6-3-1-2-5-7-4-8-9-5/h4-9,13-15H,2-3,10-12H2,1H3,(H,26,31)(H,27,28,30);2-7,10-11H,8-9H2,1H3,(H,22,23);1-8H,(H,20,21);4H,1-3,6H2,(H,7,8,9). The van der Waals surface area contributed by atoms with Crippen LogP contribution in [0.2, 0.25) is 5.02 Å². The van der Waals surface area contributed by atoms with Gasteiger partial charge in [0.05, 0.1) is 63.0 Å². The first-order chi connectivity index (χ1) is 42.7. The molecular weight excluding hydrogens is 1160 g/mol. The van der Waals surface area contributed by atoms with Crippen molar-refractivity contribution in [2.24, 2.45) is 5.73 Å². The van der Waals surface area contributed by atoms with E-state index in [1.54, 1.807) is 87.0 Å². The molecule has 24 heteroatoms. The smallest absolute Gasteiger partial charge is 0.335 e. The Bertz CT molecular complexity index is 4100. The van der Waals surface area contributed by atoms with Gasteiger partial charge in [0.25, 0.3) is 5.91 Å². The van der Waals surface area contributed by atoms with Crippen LogP contribution in [-0.2, 0) is 22.3 Å². The van der Waals surface area contributed by atoms with Gasteiger partial charge in [-0.2, -0.15) is 10.2 Å². The first-order valence-corrected chi connectivity index (χ1v) is 27.7. The Hall–Kier alpha value is -10.2. The van der Waals surface area contributed by atoms with Gasteiger partial charge in [-0.25, -0.2) is 47.7 Å². The zero-order valence-corrected chi connectivity index (χ0v) is 48.3. The van der Waals surface area contributed by atoms with Crippen molar-refractivity contribution in [3.8, 4) is 45.3 Å². The lowest BCUT2D eigenvalue weighted by molar-refractivity contribution is 0.0686. The third kappa shape index (κ3) is 17.9. The lowest BCUT2D eigenvalue weighted by Crippen LogP contribution is -2.24. The summed E-state index contributed by atoms with van der Waals surface area (Å²) in [6, 6.07) is 37.7. The molecule has 0 atom stereocenters. The summed E-state index contributed by atoms with van der Waals surface area (Å²) in [6.45, 7) is 2.78. The van der Waals surface area contributed by atoms with Crippen molar-refractivity contribution < 1.29 is 56.7 Å². The van der Waals surface area contributed by atoms with Gasteiger partial charge in [-0.3, -0.25) is 15.0 Å². The topological polar surface area (TPSA) is 288 Å². The van der Waals surface area contributed by atoms with Crippen molar-refractivity contribution in [2.45, 2.75) is 25.7 Å². The van der Waals surface area contributed by atoms with Crippen LogP contribution in [0.15, 0.2) is 158 Å². The van der Waals surface area contributed by atoms with Gasteiger partial charge < -0.3 is 40.2 Å². The number of aromatic amines is 2. The Balaban J connectivity index is 0.000000163. The van der Waals surface area contributed by atoms with E-state index in [4.69, 9.17) is 46.4 Å². The van der Waals surface area contributed by atoms with Gasteiger partial charge in [0.1, 0.15) is 66.5 Å². The Labute approximate surface area is 506 Å². The lowest BCUT2D eigenvalue weighted by Gasteiger charge is -2.13. The van der Waals surface area contributed by atoms with Crippen molar-refractivity contribution in [1.29, 1.82) is 0 Å². The first kappa shape index (κ1) is 63.8. The molecule has 7 N–H and O–H groups in total. The number of hydrogen-bond donors (Lipinski definition) is 6. The number of carbonyl (C=O) groups excluding carboxylic acids is 1. The fourth-order valence-corrected chi connectivity index (χ4v) is 8.80. The average molecular weight is 1220 g/mol. The number of benzene rings is 6. The number of halogens is 4. The molecule has 0 aliphatic heterocycles. The van der Waals surface area contributed by atoms with Crippen LogP contribution in [0.4, 0.5) is 13.2 Å². The van der Waals surface area contributed by atoms with Gasteiger partial charge >= 0.3 is 11.9 Å². The molecule has 0 radical (unpaired) electrons. The zero-order chi connectivity index (χ0) is 62.4. The summed E-state index contributed by atoms with van der Waals surface area (Å²) >= 11 is 6.21. The molecule has 5 aromatic heterocycles. The van der Waals surface area contributed by atoms with Crippen molar-refractivity contribution in [3.63, 3.8) is 0 Å². The van der Waals surface area contributed by atoms with Crippen LogP contribution in [0.3, 0.4) is 0 Å². The van der Waals surface area contributed by atoms with Crippen molar-refractivity contribution in [2.75, 3.05) is 53.7 Å². The predicted molar refractivity (Wildman–Crippen MR) is 326 cm³/mol. The van der Waals surface area contributed by atoms with Gasteiger partial charge in [-0.05, 0) is 147 Å². The molecule has 5 heterocycles. The summed E-state index contributed by atoms with van der Waals surface area (Å²) in [5.41, 5.74) is 11.6. The Kier molecular flexibility index (Phi) is 23.1. The number of amides is 1. The van der Waals surface area contributed by atoms with E-state index in [2.05, 4.69) is 45.6 Å². The van der Waals surface area contributed by atoms with Crippen LogP contribution in [0.25, 0.3) is 66.5 Å². The second-order valence-electron chi connectivity index (χ2n) is 19.1. The van der Waals surface area contributed by atoms with Crippen LogP contribution in [0.5, 0.6) is 11.5 Å². The molecule has 6 aromatic carbocycles. The van der Waals surface area contributed by atoms with Crippen LogP contribution < -0.4 is 20.5 Å². The van der Waals surface area contributed by atoms with Gasteiger partial charge in [-0.15, -0.1) is 0 Å². The quantitative estimate of drug-likeness (QED) is 0.0365. The van der Waals surface area contributed by atoms with Gasteiger partial charge in [0.2, 0.25) is 0 Å². The summed E-state index contributed by atoms with van der Waals surface area (Å²) in [6.07, 6.45) is 6.27. The van der Waals surface area contributed by atoms with Crippen LogP contribution in [0.1, 0.15) is 55.6 Å². The zero-order valence-electron chi connectivity index (χ0n) is 47.6. The molecular formula is C64H59ClF3N11O9. The van der Waals surface area contributed by atoms with Gasteiger partial charge in [-0.1, -0.05) is 17.7 Å². The maximum atomic E-state index is 13.4. The first-order valence-electron chi connectivity index (χ1n) is 27.3. The van der Waals surface area contributed by atoms with Crippen molar-refractivity contribution in [1.82, 2.24) is 50.6 Å². The number of hydrogen-bond acceptors (Lipinski definition) is 15. The fraction of sp³-hybridized carbons (Fsp3) is 0.188. The number of nitrogens with zero attached hydrogens (tertiary/aromatic N) is 7. The third-order valence-electron chi connectivity index (χ3n) is 13.0. The summed E-state index contributed by atoms with van der Waals surface area (Å²) in [7, 11) is 3.19. The molecule has 0 bridgehead atoms. The average Bonchev–Trinajstić information content (AvgIpc) is 1.39. The van der Waals surface area contributed by atoms with E-state index in [9.17, 15) is 32.7 Å².